The van der Waals surface area contributed by atoms with Crippen LogP contribution in [0.15, 0.2) is 36.4 Å². The van der Waals surface area contributed by atoms with Gasteiger partial charge in [0, 0.05) is 5.56 Å². The maximum absolute atomic E-state index is 13.8. The highest BCUT2D eigenvalue weighted by molar-refractivity contribution is 5.72. The molecule has 0 unspecified atom stereocenters. The van der Waals surface area contributed by atoms with Gasteiger partial charge in [-0.3, -0.25) is 4.79 Å². The smallest absolute Gasteiger partial charge is 0.307 e. The highest BCUT2D eigenvalue weighted by Crippen LogP contribution is 2.25. The van der Waals surface area contributed by atoms with Crippen LogP contribution in [0.2, 0.25) is 0 Å². The van der Waals surface area contributed by atoms with Gasteiger partial charge in [-0.05, 0) is 41.8 Å². The summed E-state index contributed by atoms with van der Waals surface area (Å²) in [4.78, 5) is 10.6. The van der Waals surface area contributed by atoms with Crippen molar-refractivity contribution in [1.82, 2.24) is 0 Å². The Bertz CT molecular complexity index is 636. The number of carboxylic acids is 1. The van der Waals surface area contributed by atoms with Crippen molar-refractivity contribution in [2.75, 3.05) is 0 Å². The zero-order valence-corrected chi connectivity index (χ0v) is 10.3. The Morgan fingerprint density at radius 1 is 1.11 bits per heavy atom. The van der Waals surface area contributed by atoms with Gasteiger partial charge in [-0.15, -0.1) is 0 Å². The quantitative estimate of drug-likeness (QED) is 0.918. The van der Waals surface area contributed by atoms with Gasteiger partial charge in [-0.2, -0.15) is 0 Å². The standard InChI is InChI=1S/C15H12F2O2/c1-9-2-4-12(14(17)6-9)10-3-5-13(16)11(7-10)8-15(18)19/h2-7H,8H2,1H3,(H,18,19). The summed E-state index contributed by atoms with van der Waals surface area (Å²) in [7, 11) is 0. The number of rotatable bonds is 3. The summed E-state index contributed by atoms with van der Waals surface area (Å²) in [5.41, 5.74) is 1.63. The third-order valence-electron chi connectivity index (χ3n) is 2.82. The molecule has 98 valence electrons. The second kappa shape index (κ2) is 5.18. The molecule has 0 amide bonds. The normalized spacial score (nSPS) is 10.5. The molecule has 0 spiro atoms. The second-order valence-corrected chi connectivity index (χ2v) is 4.36. The van der Waals surface area contributed by atoms with Crippen LogP contribution in [-0.2, 0) is 11.2 Å². The first-order chi connectivity index (χ1) is 8.97. The monoisotopic (exact) mass is 262 g/mol. The molecule has 0 atom stereocenters. The van der Waals surface area contributed by atoms with Crippen LogP contribution < -0.4 is 0 Å². The van der Waals surface area contributed by atoms with Crippen molar-refractivity contribution in [3.8, 4) is 11.1 Å². The first-order valence-electron chi connectivity index (χ1n) is 5.74. The van der Waals surface area contributed by atoms with Crippen LogP contribution in [0.5, 0.6) is 0 Å². The molecule has 0 aliphatic heterocycles. The highest BCUT2D eigenvalue weighted by atomic mass is 19.1. The van der Waals surface area contributed by atoms with Crippen LogP contribution >= 0.6 is 0 Å². The van der Waals surface area contributed by atoms with Crippen LogP contribution in [0, 0.1) is 18.6 Å². The largest absolute Gasteiger partial charge is 0.481 e. The zero-order valence-electron chi connectivity index (χ0n) is 10.3. The van der Waals surface area contributed by atoms with E-state index in [1.54, 1.807) is 19.1 Å². The molecule has 0 aromatic heterocycles. The van der Waals surface area contributed by atoms with E-state index in [1.807, 2.05) is 0 Å². The lowest BCUT2D eigenvalue weighted by Crippen LogP contribution is -2.02. The van der Waals surface area contributed by atoms with Gasteiger partial charge in [0.2, 0.25) is 0 Å². The number of carboxylic acid groups (broad SMARTS) is 1. The molecule has 2 rings (SSSR count). The van der Waals surface area contributed by atoms with Gasteiger partial charge in [-0.25, -0.2) is 8.78 Å². The highest BCUT2D eigenvalue weighted by Gasteiger charge is 2.11. The summed E-state index contributed by atoms with van der Waals surface area (Å²) in [6.07, 6.45) is -0.423. The molecule has 0 aliphatic carbocycles. The molecule has 0 saturated heterocycles. The molecule has 0 radical (unpaired) electrons. The number of aliphatic carboxylic acids is 1. The maximum Gasteiger partial charge on any atom is 0.307 e. The number of hydrogen-bond acceptors (Lipinski definition) is 1. The van der Waals surface area contributed by atoms with Gasteiger partial charge in [0.15, 0.2) is 0 Å². The topological polar surface area (TPSA) is 37.3 Å². The molecule has 0 fully saturated rings. The molecule has 4 heteroatoms. The van der Waals surface area contributed by atoms with Gasteiger partial charge in [-0.1, -0.05) is 18.2 Å². The van der Waals surface area contributed by atoms with Crippen molar-refractivity contribution in [1.29, 1.82) is 0 Å². The van der Waals surface area contributed by atoms with Crippen molar-refractivity contribution >= 4 is 5.97 Å². The summed E-state index contributed by atoms with van der Waals surface area (Å²) in [5.74, 6) is -2.13. The summed E-state index contributed by atoms with van der Waals surface area (Å²) < 4.78 is 27.3. The molecule has 0 saturated carbocycles. The molecule has 0 aliphatic rings. The maximum atomic E-state index is 13.8. The second-order valence-electron chi connectivity index (χ2n) is 4.36. The molecule has 0 bridgehead atoms. The number of hydrogen-bond donors (Lipinski definition) is 1. The minimum atomic E-state index is -1.12. The van der Waals surface area contributed by atoms with Crippen LogP contribution in [0.4, 0.5) is 8.78 Å². The first kappa shape index (κ1) is 13.2. The van der Waals surface area contributed by atoms with E-state index >= 15 is 0 Å². The average Bonchev–Trinajstić information content (AvgIpc) is 2.32. The predicted molar refractivity (Wildman–Crippen MR) is 67.9 cm³/mol. The number of benzene rings is 2. The lowest BCUT2D eigenvalue weighted by molar-refractivity contribution is -0.136. The fraction of sp³-hybridized carbons (Fsp3) is 0.133. The van der Waals surface area contributed by atoms with E-state index in [9.17, 15) is 13.6 Å². The SMILES string of the molecule is Cc1ccc(-c2ccc(F)c(CC(=O)O)c2)c(F)c1. The molecule has 0 heterocycles. The number of carbonyl (C=O) groups is 1. The Morgan fingerprint density at radius 3 is 2.47 bits per heavy atom. The molecule has 1 N–H and O–H groups in total. The Labute approximate surface area is 109 Å². The van der Waals surface area contributed by atoms with Gasteiger partial charge in [0.25, 0.3) is 0 Å². The summed E-state index contributed by atoms with van der Waals surface area (Å²) in [6.45, 7) is 1.77. The van der Waals surface area contributed by atoms with E-state index in [1.165, 1.54) is 18.2 Å². The Hall–Kier alpha value is -2.23. The van der Waals surface area contributed by atoms with E-state index in [4.69, 9.17) is 5.11 Å². The Morgan fingerprint density at radius 2 is 1.84 bits per heavy atom. The fourth-order valence-electron chi connectivity index (χ4n) is 1.89. The third kappa shape index (κ3) is 2.96. The van der Waals surface area contributed by atoms with Crippen LogP contribution in [0.25, 0.3) is 11.1 Å². The Kier molecular flexibility index (Phi) is 3.60. The average molecular weight is 262 g/mol. The van der Waals surface area contributed by atoms with Crippen molar-refractivity contribution in [2.45, 2.75) is 13.3 Å². The molecular weight excluding hydrogens is 250 g/mol. The zero-order chi connectivity index (χ0) is 14.0. The Balaban J connectivity index is 2.48. The molecule has 19 heavy (non-hydrogen) atoms. The minimum Gasteiger partial charge on any atom is -0.481 e. The minimum absolute atomic E-state index is 0.0463. The molecule has 2 nitrogen and oxygen atoms in total. The van der Waals surface area contributed by atoms with Crippen LogP contribution in [0.1, 0.15) is 11.1 Å². The fourth-order valence-corrected chi connectivity index (χ4v) is 1.89. The van der Waals surface area contributed by atoms with Crippen LogP contribution in [-0.4, -0.2) is 11.1 Å². The van der Waals surface area contributed by atoms with Gasteiger partial charge >= 0.3 is 5.97 Å². The van der Waals surface area contributed by atoms with Crippen molar-refractivity contribution in [2.24, 2.45) is 0 Å². The lowest BCUT2D eigenvalue weighted by atomic mass is 10.00. The molecular formula is C15H12F2O2. The number of aryl methyl sites for hydroxylation is 1. The van der Waals surface area contributed by atoms with E-state index in [2.05, 4.69) is 0 Å². The summed E-state index contributed by atoms with van der Waals surface area (Å²) in [5, 5.41) is 8.70. The van der Waals surface area contributed by atoms with E-state index in [0.29, 0.717) is 11.1 Å². The van der Waals surface area contributed by atoms with Gasteiger partial charge < -0.3 is 5.11 Å². The number of halogens is 2. The van der Waals surface area contributed by atoms with Crippen LogP contribution in [0.3, 0.4) is 0 Å². The molecule has 2 aromatic rings. The van der Waals surface area contributed by atoms with E-state index < -0.39 is 24.0 Å². The summed E-state index contributed by atoms with van der Waals surface area (Å²) >= 11 is 0. The predicted octanol–water partition coefficient (Wildman–Crippen LogP) is 3.57. The lowest BCUT2D eigenvalue weighted by Gasteiger charge is -2.07. The first-order valence-corrected chi connectivity index (χ1v) is 5.74. The van der Waals surface area contributed by atoms with Crippen molar-refractivity contribution in [3.63, 3.8) is 0 Å². The van der Waals surface area contributed by atoms with E-state index in [-0.39, 0.29) is 5.56 Å². The van der Waals surface area contributed by atoms with Gasteiger partial charge in [0.05, 0.1) is 6.42 Å². The third-order valence-corrected chi connectivity index (χ3v) is 2.82. The van der Waals surface area contributed by atoms with Gasteiger partial charge in [0.1, 0.15) is 11.6 Å². The molecule has 2 aromatic carbocycles. The van der Waals surface area contributed by atoms with Crippen molar-refractivity contribution in [3.05, 3.63) is 59.2 Å². The van der Waals surface area contributed by atoms with Crippen molar-refractivity contribution < 1.29 is 18.7 Å². The summed E-state index contributed by atoms with van der Waals surface area (Å²) in [6, 6.07) is 8.70. The van der Waals surface area contributed by atoms with E-state index in [0.717, 1.165) is 11.6 Å².